The SMILES string of the molecule is CCCNC(=O)[C@@H](Cc1ccccc1)N(Cc1ccccc1C)C(=O)CCCN(c1ccc(OCC)cc1)S(C)(=O)=O. The van der Waals surface area contributed by atoms with Crippen molar-refractivity contribution in [3.8, 4) is 5.75 Å². The van der Waals surface area contributed by atoms with E-state index in [1.807, 2.05) is 75.4 Å². The molecule has 0 fully saturated rings. The molecule has 0 aromatic heterocycles. The maximum Gasteiger partial charge on any atom is 0.243 e. The van der Waals surface area contributed by atoms with Gasteiger partial charge in [-0.1, -0.05) is 61.5 Å². The molecule has 1 atom stereocenters. The normalized spacial score (nSPS) is 11.9. The number of hydrogen-bond donors (Lipinski definition) is 1. The summed E-state index contributed by atoms with van der Waals surface area (Å²) >= 11 is 0. The summed E-state index contributed by atoms with van der Waals surface area (Å²) < 4.78 is 32.1. The number of amides is 2. The highest BCUT2D eigenvalue weighted by Gasteiger charge is 2.30. The Morgan fingerprint density at radius 1 is 0.929 bits per heavy atom. The zero-order chi connectivity index (χ0) is 30.5. The van der Waals surface area contributed by atoms with Crippen molar-refractivity contribution in [2.45, 2.75) is 59.0 Å². The largest absolute Gasteiger partial charge is 0.494 e. The van der Waals surface area contributed by atoms with Gasteiger partial charge < -0.3 is 15.0 Å². The van der Waals surface area contributed by atoms with Gasteiger partial charge in [0.25, 0.3) is 0 Å². The third-order valence-electron chi connectivity index (χ3n) is 7.01. The molecule has 8 nitrogen and oxygen atoms in total. The Balaban J connectivity index is 1.85. The van der Waals surface area contributed by atoms with Crippen molar-refractivity contribution in [2.24, 2.45) is 0 Å². The van der Waals surface area contributed by atoms with E-state index >= 15 is 0 Å². The molecule has 1 N–H and O–H groups in total. The molecule has 0 bridgehead atoms. The van der Waals surface area contributed by atoms with Gasteiger partial charge in [0.15, 0.2) is 0 Å². The molecule has 2 amide bonds. The number of carbonyl (C=O) groups excluding carboxylic acids is 2. The van der Waals surface area contributed by atoms with Crippen molar-refractivity contribution in [2.75, 3.05) is 30.3 Å². The summed E-state index contributed by atoms with van der Waals surface area (Å²) in [5.41, 5.74) is 3.45. The Morgan fingerprint density at radius 2 is 1.60 bits per heavy atom. The first-order valence-electron chi connectivity index (χ1n) is 14.5. The van der Waals surface area contributed by atoms with Crippen LogP contribution in [-0.4, -0.2) is 57.1 Å². The number of aryl methyl sites for hydroxylation is 1. The van der Waals surface area contributed by atoms with Crippen LogP contribution in [0.2, 0.25) is 0 Å². The molecule has 42 heavy (non-hydrogen) atoms. The average Bonchev–Trinajstić information content (AvgIpc) is 2.97. The minimum atomic E-state index is -3.59. The standard InChI is InChI=1S/C33H43N3O5S/c1-5-22-34-33(38)31(24-27-14-8-7-9-15-27)35(25-28-16-11-10-13-26(28)3)32(37)17-12-23-36(42(4,39)40)29-18-20-30(21-19-29)41-6-2/h7-11,13-16,18-21,31H,5-6,12,17,22-25H2,1-4H3,(H,34,38)/t31-/m1/s1. The first-order chi connectivity index (χ1) is 20.1. The van der Waals surface area contributed by atoms with E-state index in [1.54, 1.807) is 29.2 Å². The van der Waals surface area contributed by atoms with Gasteiger partial charge in [-0.3, -0.25) is 13.9 Å². The van der Waals surface area contributed by atoms with E-state index in [0.717, 1.165) is 29.4 Å². The molecule has 0 aliphatic carbocycles. The number of benzene rings is 3. The minimum absolute atomic E-state index is 0.0846. The first-order valence-corrected chi connectivity index (χ1v) is 16.3. The van der Waals surface area contributed by atoms with Gasteiger partial charge >= 0.3 is 0 Å². The van der Waals surface area contributed by atoms with Gasteiger partial charge in [-0.15, -0.1) is 0 Å². The van der Waals surface area contributed by atoms with Crippen LogP contribution in [0.5, 0.6) is 5.75 Å². The highest BCUT2D eigenvalue weighted by atomic mass is 32.2. The molecule has 0 radical (unpaired) electrons. The van der Waals surface area contributed by atoms with Crippen molar-refractivity contribution in [3.05, 3.63) is 95.6 Å². The predicted molar refractivity (Wildman–Crippen MR) is 168 cm³/mol. The number of rotatable bonds is 16. The van der Waals surface area contributed by atoms with Gasteiger partial charge in [0.1, 0.15) is 11.8 Å². The zero-order valence-electron chi connectivity index (χ0n) is 25.1. The second-order valence-corrected chi connectivity index (χ2v) is 12.2. The summed E-state index contributed by atoms with van der Waals surface area (Å²) in [5, 5.41) is 2.99. The van der Waals surface area contributed by atoms with Crippen LogP contribution >= 0.6 is 0 Å². The lowest BCUT2D eigenvalue weighted by molar-refractivity contribution is -0.141. The Kier molecular flexibility index (Phi) is 12.4. The van der Waals surface area contributed by atoms with Crippen molar-refractivity contribution in [1.82, 2.24) is 10.2 Å². The summed E-state index contributed by atoms with van der Waals surface area (Å²) in [6.07, 6.45) is 2.68. The van der Waals surface area contributed by atoms with Gasteiger partial charge in [0.05, 0.1) is 18.6 Å². The highest BCUT2D eigenvalue weighted by molar-refractivity contribution is 7.92. The fourth-order valence-corrected chi connectivity index (χ4v) is 5.74. The lowest BCUT2D eigenvalue weighted by atomic mass is 10.0. The van der Waals surface area contributed by atoms with Crippen molar-refractivity contribution in [1.29, 1.82) is 0 Å². The molecular formula is C33H43N3O5S. The lowest BCUT2D eigenvalue weighted by Gasteiger charge is -2.32. The molecule has 9 heteroatoms. The van der Waals surface area contributed by atoms with Gasteiger partial charge in [-0.2, -0.15) is 0 Å². The van der Waals surface area contributed by atoms with Gasteiger partial charge in [-0.05, 0) is 67.6 Å². The van der Waals surface area contributed by atoms with Crippen LogP contribution < -0.4 is 14.4 Å². The second kappa shape index (κ2) is 16.0. The Bertz CT molecular complexity index is 1390. The van der Waals surface area contributed by atoms with E-state index in [1.165, 1.54) is 4.31 Å². The summed E-state index contributed by atoms with van der Waals surface area (Å²) in [4.78, 5) is 29.1. The monoisotopic (exact) mass is 593 g/mol. The van der Waals surface area contributed by atoms with E-state index in [2.05, 4.69) is 5.32 Å². The van der Waals surface area contributed by atoms with Crippen LogP contribution in [0.25, 0.3) is 0 Å². The third-order valence-corrected chi connectivity index (χ3v) is 8.20. The third kappa shape index (κ3) is 9.62. The van der Waals surface area contributed by atoms with Crippen molar-refractivity contribution in [3.63, 3.8) is 0 Å². The fraction of sp³-hybridized carbons (Fsp3) is 0.394. The number of anilines is 1. The molecule has 0 unspecified atom stereocenters. The van der Waals surface area contributed by atoms with E-state index in [0.29, 0.717) is 31.0 Å². The Hall–Kier alpha value is -3.85. The highest BCUT2D eigenvalue weighted by Crippen LogP contribution is 2.23. The fourth-order valence-electron chi connectivity index (χ4n) is 4.77. The van der Waals surface area contributed by atoms with Gasteiger partial charge in [-0.25, -0.2) is 8.42 Å². The summed E-state index contributed by atoms with van der Waals surface area (Å²) in [7, 11) is -3.59. The molecule has 0 aliphatic rings. The molecule has 0 saturated carbocycles. The Labute approximate surface area is 250 Å². The lowest BCUT2D eigenvalue weighted by Crippen LogP contribution is -2.50. The smallest absolute Gasteiger partial charge is 0.243 e. The minimum Gasteiger partial charge on any atom is -0.494 e. The van der Waals surface area contributed by atoms with E-state index < -0.39 is 16.1 Å². The quantitative estimate of drug-likeness (QED) is 0.249. The van der Waals surface area contributed by atoms with Crippen LogP contribution in [0.1, 0.15) is 49.8 Å². The predicted octanol–water partition coefficient (Wildman–Crippen LogP) is 5.11. The number of nitrogens with one attached hydrogen (secondary N) is 1. The first kappa shape index (κ1) is 32.7. The summed E-state index contributed by atoms with van der Waals surface area (Å²) in [5.74, 6) is 0.253. The summed E-state index contributed by atoms with van der Waals surface area (Å²) in [6.45, 7) is 7.29. The van der Waals surface area contributed by atoms with E-state index in [-0.39, 0.29) is 37.7 Å². The van der Waals surface area contributed by atoms with Crippen LogP contribution in [0.15, 0.2) is 78.9 Å². The molecule has 0 heterocycles. The second-order valence-electron chi connectivity index (χ2n) is 10.3. The molecule has 226 valence electrons. The van der Waals surface area contributed by atoms with Crippen molar-refractivity contribution >= 4 is 27.5 Å². The van der Waals surface area contributed by atoms with Crippen LogP contribution in [0, 0.1) is 6.92 Å². The molecular weight excluding hydrogens is 550 g/mol. The molecule has 0 spiro atoms. The maximum absolute atomic E-state index is 13.9. The molecule has 0 saturated heterocycles. The van der Waals surface area contributed by atoms with Crippen LogP contribution in [0.4, 0.5) is 5.69 Å². The number of nitrogens with zero attached hydrogens (tertiary/aromatic N) is 2. The van der Waals surface area contributed by atoms with Gasteiger partial charge in [0, 0.05) is 32.5 Å². The maximum atomic E-state index is 13.9. The number of hydrogen-bond acceptors (Lipinski definition) is 5. The number of sulfonamides is 1. The van der Waals surface area contributed by atoms with Crippen LogP contribution in [-0.2, 0) is 32.6 Å². The average molecular weight is 594 g/mol. The number of carbonyl (C=O) groups is 2. The molecule has 3 rings (SSSR count). The molecule has 3 aromatic rings. The number of ether oxygens (including phenoxy) is 1. The molecule has 0 aliphatic heterocycles. The van der Waals surface area contributed by atoms with Gasteiger partial charge in [0.2, 0.25) is 21.8 Å². The van der Waals surface area contributed by atoms with Crippen LogP contribution in [0.3, 0.4) is 0 Å². The van der Waals surface area contributed by atoms with E-state index in [9.17, 15) is 18.0 Å². The topological polar surface area (TPSA) is 96.0 Å². The Morgan fingerprint density at radius 3 is 2.21 bits per heavy atom. The van der Waals surface area contributed by atoms with Crippen molar-refractivity contribution < 1.29 is 22.7 Å². The summed E-state index contributed by atoms with van der Waals surface area (Å²) in [6, 6.07) is 23.6. The molecule has 3 aromatic carbocycles. The van der Waals surface area contributed by atoms with E-state index in [4.69, 9.17) is 4.74 Å². The zero-order valence-corrected chi connectivity index (χ0v) is 25.9.